The number of hydrogen-bond acceptors (Lipinski definition) is 1. The van der Waals surface area contributed by atoms with Crippen LogP contribution in [0.3, 0.4) is 0 Å². The van der Waals surface area contributed by atoms with E-state index in [1.54, 1.807) is 0 Å². The molecule has 0 aliphatic heterocycles. The minimum absolute atomic E-state index is 0.971. The summed E-state index contributed by atoms with van der Waals surface area (Å²) in [6.07, 6.45) is 11.0. The van der Waals surface area contributed by atoms with E-state index in [2.05, 4.69) is 13.8 Å². The molecule has 1 aliphatic rings. The first-order valence-electron chi connectivity index (χ1n) is 6.94. The van der Waals surface area contributed by atoms with Gasteiger partial charge < -0.3 is 4.74 Å². The summed E-state index contributed by atoms with van der Waals surface area (Å²) in [6, 6.07) is 0. The Kier molecular flexibility index (Phi) is 7.08. The summed E-state index contributed by atoms with van der Waals surface area (Å²) in [5.74, 6) is 2.06. The van der Waals surface area contributed by atoms with Crippen LogP contribution < -0.4 is 0 Å². The SMILES string of the molecule is CCCCOCCCC1CCC(CC)C1. The van der Waals surface area contributed by atoms with Gasteiger partial charge in [0, 0.05) is 13.2 Å². The lowest BCUT2D eigenvalue weighted by atomic mass is 9.99. The maximum absolute atomic E-state index is 5.59. The Morgan fingerprint density at radius 1 is 1.00 bits per heavy atom. The summed E-state index contributed by atoms with van der Waals surface area (Å²) in [5.41, 5.74) is 0. The van der Waals surface area contributed by atoms with E-state index in [9.17, 15) is 0 Å². The van der Waals surface area contributed by atoms with Gasteiger partial charge in [-0.15, -0.1) is 0 Å². The Morgan fingerprint density at radius 3 is 2.40 bits per heavy atom. The van der Waals surface area contributed by atoms with E-state index in [0.29, 0.717) is 0 Å². The molecule has 0 radical (unpaired) electrons. The molecule has 15 heavy (non-hydrogen) atoms. The lowest BCUT2D eigenvalue weighted by molar-refractivity contribution is 0.124. The third-order valence-electron chi connectivity index (χ3n) is 3.77. The molecule has 0 aromatic heterocycles. The number of rotatable bonds is 8. The lowest BCUT2D eigenvalue weighted by Crippen LogP contribution is -2.01. The van der Waals surface area contributed by atoms with Crippen LogP contribution in [0.15, 0.2) is 0 Å². The van der Waals surface area contributed by atoms with Crippen molar-refractivity contribution in [1.29, 1.82) is 0 Å². The maximum atomic E-state index is 5.59. The summed E-state index contributed by atoms with van der Waals surface area (Å²) >= 11 is 0. The van der Waals surface area contributed by atoms with Gasteiger partial charge in [0.1, 0.15) is 0 Å². The van der Waals surface area contributed by atoms with Crippen LogP contribution in [-0.4, -0.2) is 13.2 Å². The van der Waals surface area contributed by atoms with E-state index in [0.717, 1.165) is 25.0 Å². The van der Waals surface area contributed by atoms with Gasteiger partial charge in [-0.1, -0.05) is 39.5 Å². The predicted molar refractivity (Wildman–Crippen MR) is 66.1 cm³/mol. The fourth-order valence-corrected chi connectivity index (χ4v) is 2.63. The van der Waals surface area contributed by atoms with E-state index in [-0.39, 0.29) is 0 Å². The third kappa shape index (κ3) is 5.55. The van der Waals surface area contributed by atoms with Crippen LogP contribution in [0.2, 0.25) is 0 Å². The zero-order valence-corrected chi connectivity index (χ0v) is 10.6. The van der Waals surface area contributed by atoms with E-state index >= 15 is 0 Å². The second kappa shape index (κ2) is 8.15. The molecule has 0 saturated heterocycles. The smallest absolute Gasteiger partial charge is 0.0466 e. The lowest BCUT2D eigenvalue weighted by Gasteiger charge is -2.10. The van der Waals surface area contributed by atoms with Gasteiger partial charge in [0.2, 0.25) is 0 Å². The van der Waals surface area contributed by atoms with Crippen LogP contribution in [-0.2, 0) is 4.74 Å². The molecule has 0 heterocycles. The zero-order valence-electron chi connectivity index (χ0n) is 10.6. The number of ether oxygens (including phenoxy) is 1. The van der Waals surface area contributed by atoms with Gasteiger partial charge in [-0.3, -0.25) is 0 Å². The highest BCUT2D eigenvalue weighted by atomic mass is 16.5. The number of unbranched alkanes of at least 4 members (excludes halogenated alkanes) is 1. The summed E-state index contributed by atoms with van der Waals surface area (Å²) in [4.78, 5) is 0. The van der Waals surface area contributed by atoms with Crippen LogP contribution in [0.5, 0.6) is 0 Å². The molecule has 0 aromatic rings. The molecule has 1 rings (SSSR count). The molecule has 1 aliphatic carbocycles. The van der Waals surface area contributed by atoms with Crippen LogP contribution in [0.25, 0.3) is 0 Å². The third-order valence-corrected chi connectivity index (χ3v) is 3.77. The highest BCUT2D eigenvalue weighted by Gasteiger charge is 2.22. The average Bonchev–Trinajstić information content (AvgIpc) is 2.71. The van der Waals surface area contributed by atoms with Gasteiger partial charge in [0.15, 0.2) is 0 Å². The van der Waals surface area contributed by atoms with Gasteiger partial charge >= 0.3 is 0 Å². The number of hydrogen-bond donors (Lipinski definition) is 0. The Labute approximate surface area is 95.6 Å². The summed E-state index contributed by atoms with van der Waals surface area (Å²) in [6.45, 7) is 6.51. The topological polar surface area (TPSA) is 9.23 Å². The second-order valence-corrected chi connectivity index (χ2v) is 5.06. The largest absolute Gasteiger partial charge is 0.381 e. The molecule has 0 bridgehead atoms. The molecule has 1 saturated carbocycles. The van der Waals surface area contributed by atoms with E-state index < -0.39 is 0 Å². The Hall–Kier alpha value is -0.0400. The Balaban J connectivity index is 1.88. The molecular weight excluding hydrogens is 184 g/mol. The van der Waals surface area contributed by atoms with Crippen molar-refractivity contribution in [3.8, 4) is 0 Å². The summed E-state index contributed by atoms with van der Waals surface area (Å²) in [7, 11) is 0. The molecule has 90 valence electrons. The standard InChI is InChI=1S/C14H28O/c1-3-5-10-15-11-6-7-14-9-8-13(4-2)12-14/h13-14H,3-12H2,1-2H3. The molecule has 0 aromatic carbocycles. The first-order valence-corrected chi connectivity index (χ1v) is 6.94. The molecule has 1 heteroatoms. The Bertz CT molecular complexity index is 144. The highest BCUT2D eigenvalue weighted by Crippen LogP contribution is 2.35. The van der Waals surface area contributed by atoms with Crippen LogP contribution >= 0.6 is 0 Å². The van der Waals surface area contributed by atoms with Crippen molar-refractivity contribution in [3.05, 3.63) is 0 Å². The fraction of sp³-hybridized carbons (Fsp3) is 1.00. The highest BCUT2D eigenvalue weighted by molar-refractivity contribution is 4.74. The van der Waals surface area contributed by atoms with E-state index in [1.165, 1.54) is 51.4 Å². The fourth-order valence-electron chi connectivity index (χ4n) is 2.63. The molecular formula is C14H28O. The molecule has 2 unspecified atom stereocenters. The zero-order chi connectivity index (χ0) is 10.9. The van der Waals surface area contributed by atoms with Gasteiger partial charge in [-0.25, -0.2) is 0 Å². The minimum Gasteiger partial charge on any atom is -0.381 e. The van der Waals surface area contributed by atoms with Crippen molar-refractivity contribution < 1.29 is 4.74 Å². The monoisotopic (exact) mass is 212 g/mol. The molecule has 1 nitrogen and oxygen atoms in total. The first-order chi connectivity index (χ1) is 7.36. The van der Waals surface area contributed by atoms with E-state index in [4.69, 9.17) is 4.74 Å². The average molecular weight is 212 g/mol. The van der Waals surface area contributed by atoms with Crippen molar-refractivity contribution in [2.45, 2.75) is 65.2 Å². The molecule has 0 N–H and O–H groups in total. The molecule has 0 amide bonds. The van der Waals surface area contributed by atoms with Crippen LogP contribution in [0.4, 0.5) is 0 Å². The van der Waals surface area contributed by atoms with Crippen LogP contribution in [0.1, 0.15) is 65.2 Å². The van der Waals surface area contributed by atoms with Gasteiger partial charge in [-0.05, 0) is 37.5 Å². The van der Waals surface area contributed by atoms with Crippen molar-refractivity contribution in [2.75, 3.05) is 13.2 Å². The second-order valence-electron chi connectivity index (χ2n) is 5.06. The van der Waals surface area contributed by atoms with Crippen molar-refractivity contribution in [3.63, 3.8) is 0 Å². The quantitative estimate of drug-likeness (QED) is 0.542. The predicted octanol–water partition coefficient (Wildman–Crippen LogP) is 4.41. The summed E-state index contributed by atoms with van der Waals surface area (Å²) in [5, 5.41) is 0. The van der Waals surface area contributed by atoms with E-state index in [1.807, 2.05) is 0 Å². The van der Waals surface area contributed by atoms with Gasteiger partial charge in [0.25, 0.3) is 0 Å². The normalized spacial score (nSPS) is 26.0. The molecule has 2 atom stereocenters. The van der Waals surface area contributed by atoms with Gasteiger partial charge in [0.05, 0.1) is 0 Å². The first kappa shape index (κ1) is 13.0. The Morgan fingerprint density at radius 2 is 1.73 bits per heavy atom. The van der Waals surface area contributed by atoms with Crippen molar-refractivity contribution >= 4 is 0 Å². The van der Waals surface area contributed by atoms with Crippen molar-refractivity contribution in [2.24, 2.45) is 11.8 Å². The summed E-state index contributed by atoms with van der Waals surface area (Å²) < 4.78 is 5.59. The molecule has 1 fully saturated rings. The van der Waals surface area contributed by atoms with Crippen molar-refractivity contribution in [1.82, 2.24) is 0 Å². The van der Waals surface area contributed by atoms with Gasteiger partial charge in [-0.2, -0.15) is 0 Å². The maximum Gasteiger partial charge on any atom is 0.0466 e. The molecule has 0 spiro atoms. The minimum atomic E-state index is 0.971. The van der Waals surface area contributed by atoms with Crippen LogP contribution in [0, 0.1) is 11.8 Å².